The van der Waals surface area contributed by atoms with Crippen LogP contribution in [0, 0.1) is 5.92 Å². The van der Waals surface area contributed by atoms with Crippen molar-refractivity contribution in [1.29, 1.82) is 0 Å². The molecule has 146 valence electrons. The van der Waals surface area contributed by atoms with Crippen LogP contribution in [0.1, 0.15) is 42.9 Å². The number of likely N-dealkylation sites (tertiary alicyclic amines) is 1. The molecule has 0 spiro atoms. The van der Waals surface area contributed by atoms with E-state index in [0.717, 1.165) is 23.8 Å². The molecule has 3 aromatic rings. The Hall–Kier alpha value is -2.40. The Kier molecular flexibility index (Phi) is 4.77. The number of hydrogen-bond donors (Lipinski definition) is 1. The number of piperidine rings is 1. The molecule has 1 saturated carbocycles. The molecule has 0 bridgehead atoms. The fraction of sp³-hybridized carbons (Fsp3) is 0.478. The maximum Gasteiger partial charge on any atom is 0.154 e. The molecule has 2 aromatic heterocycles. The van der Waals surface area contributed by atoms with E-state index < -0.39 is 0 Å². The van der Waals surface area contributed by atoms with Gasteiger partial charge in [-0.2, -0.15) is 0 Å². The summed E-state index contributed by atoms with van der Waals surface area (Å²) in [6.07, 6.45) is 7.19. The van der Waals surface area contributed by atoms with Crippen LogP contribution >= 0.6 is 0 Å². The highest BCUT2D eigenvalue weighted by molar-refractivity contribution is 5.86. The number of benzene rings is 1. The van der Waals surface area contributed by atoms with E-state index in [1.165, 1.54) is 62.1 Å². The number of aromatic nitrogens is 3. The van der Waals surface area contributed by atoms with Crippen molar-refractivity contribution in [2.24, 2.45) is 13.0 Å². The average molecular weight is 376 g/mol. The van der Waals surface area contributed by atoms with Gasteiger partial charge in [-0.3, -0.25) is 0 Å². The number of aryl methyl sites for hydroxylation is 1. The summed E-state index contributed by atoms with van der Waals surface area (Å²) in [5, 5.41) is 3.54. The Labute approximate surface area is 166 Å². The van der Waals surface area contributed by atoms with E-state index in [1.54, 1.807) is 0 Å². The van der Waals surface area contributed by atoms with Gasteiger partial charge in [0, 0.05) is 31.7 Å². The first-order valence-electron chi connectivity index (χ1n) is 10.6. The largest absolute Gasteiger partial charge is 0.364 e. The molecule has 5 nitrogen and oxygen atoms in total. The molecule has 1 aliphatic carbocycles. The van der Waals surface area contributed by atoms with Crippen LogP contribution in [0.25, 0.3) is 11.0 Å². The predicted molar refractivity (Wildman–Crippen MR) is 113 cm³/mol. The van der Waals surface area contributed by atoms with Gasteiger partial charge < -0.3 is 14.8 Å². The topological polar surface area (TPSA) is 46.0 Å². The molecule has 5 rings (SSSR count). The van der Waals surface area contributed by atoms with Gasteiger partial charge >= 0.3 is 0 Å². The third kappa shape index (κ3) is 3.76. The maximum atomic E-state index is 5.05. The van der Waals surface area contributed by atoms with Crippen LogP contribution in [0.4, 0.5) is 5.82 Å². The van der Waals surface area contributed by atoms with Gasteiger partial charge in [0.1, 0.15) is 5.52 Å². The fourth-order valence-corrected chi connectivity index (χ4v) is 4.34. The quantitative estimate of drug-likeness (QED) is 0.702. The van der Waals surface area contributed by atoms with Crippen molar-refractivity contribution in [3.63, 3.8) is 0 Å². The Balaban J connectivity index is 1.36. The zero-order valence-electron chi connectivity index (χ0n) is 16.6. The molecule has 3 heterocycles. The molecule has 0 radical (unpaired) electrons. The lowest BCUT2D eigenvalue weighted by Crippen LogP contribution is -2.34. The highest BCUT2D eigenvalue weighted by Gasteiger charge is 2.28. The van der Waals surface area contributed by atoms with Gasteiger partial charge in [-0.1, -0.05) is 30.3 Å². The van der Waals surface area contributed by atoms with Crippen molar-refractivity contribution in [2.75, 3.05) is 25.0 Å². The molecule has 1 saturated heterocycles. The van der Waals surface area contributed by atoms with E-state index in [9.17, 15) is 0 Å². The summed E-state index contributed by atoms with van der Waals surface area (Å²) in [5.41, 5.74) is 4.61. The van der Waals surface area contributed by atoms with Gasteiger partial charge in [-0.15, -0.1) is 0 Å². The Morgan fingerprint density at radius 1 is 1.07 bits per heavy atom. The number of nitrogens with one attached hydrogen (secondary N) is 1. The highest BCUT2D eigenvalue weighted by Crippen LogP contribution is 2.34. The van der Waals surface area contributed by atoms with Gasteiger partial charge in [-0.25, -0.2) is 9.97 Å². The molecule has 1 aromatic carbocycles. The first kappa shape index (κ1) is 17.7. The molecule has 0 unspecified atom stereocenters. The molecule has 0 amide bonds. The van der Waals surface area contributed by atoms with Gasteiger partial charge in [0.2, 0.25) is 0 Å². The number of fused-ring (bicyclic) bond motifs is 1. The standard InChI is InChI=1S/C23H29N5/c1-27-16-25-22-21(27)13-20(19-9-11-28(12-10-19)15-18-7-8-18)26-23(22)24-14-17-5-3-2-4-6-17/h2-6,13,16,18-19H,7-12,14-15H2,1H3,(H,24,26). The van der Waals surface area contributed by atoms with E-state index in [4.69, 9.17) is 4.98 Å². The molecule has 1 aliphatic heterocycles. The molecule has 28 heavy (non-hydrogen) atoms. The summed E-state index contributed by atoms with van der Waals surface area (Å²) >= 11 is 0. The first-order chi connectivity index (χ1) is 13.8. The zero-order chi connectivity index (χ0) is 18.9. The van der Waals surface area contributed by atoms with Crippen molar-refractivity contribution in [2.45, 2.75) is 38.1 Å². The lowest BCUT2D eigenvalue weighted by Gasteiger charge is -2.31. The molecular formula is C23H29N5. The normalized spacial score (nSPS) is 18.6. The van der Waals surface area contributed by atoms with Gasteiger partial charge in [0.15, 0.2) is 5.82 Å². The second-order valence-corrected chi connectivity index (χ2v) is 8.48. The van der Waals surface area contributed by atoms with E-state index >= 15 is 0 Å². The van der Waals surface area contributed by atoms with Gasteiger partial charge in [-0.05, 0) is 56.3 Å². The summed E-state index contributed by atoms with van der Waals surface area (Å²) in [7, 11) is 2.07. The van der Waals surface area contributed by atoms with Crippen molar-refractivity contribution in [3.8, 4) is 0 Å². The van der Waals surface area contributed by atoms with Crippen LogP contribution in [0.5, 0.6) is 0 Å². The smallest absolute Gasteiger partial charge is 0.154 e. The number of nitrogens with zero attached hydrogens (tertiary/aromatic N) is 4. The maximum absolute atomic E-state index is 5.05. The number of pyridine rings is 1. The molecule has 0 atom stereocenters. The van der Waals surface area contributed by atoms with E-state index in [-0.39, 0.29) is 0 Å². The molecular weight excluding hydrogens is 346 g/mol. The monoisotopic (exact) mass is 375 g/mol. The van der Waals surface area contributed by atoms with E-state index in [2.05, 4.69) is 63.2 Å². The van der Waals surface area contributed by atoms with Crippen LogP contribution in [0.3, 0.4) is 0 Å². The van der Waals surface area contributed by atoms with Crippen molar-refractivity contribution < 1.29 is 0 Å². The third-order valence-electron chi connectivity index (χ3n) is 6.25. The van der Waals surface area contributed by atoms with E-state index in [1.807, 2.05) is 6.33 Å². The van der Waals surface area contributed by atoms with Crippen LogP contribution in [0.2, 0.25) is 0 Å². The Morgan fingerprint density at radius 3 is 2.61 bits per heavy atom. The van der Waals surface area contributed by atoms with Crippen LogP contribution in [-0.4, -0.2) is 39.1 Å². The lowest BCUT2D eigenvalue weighted by atomic mass is 9.92. The fourth-order valence-electron chi connectivity index (χ4n) is 4.34. The van der Waals surface area contributed by atoms with E-state index in [0.29, 0.717) is 5.92 Å². The SMILES string of the molecule is Cn1cnc2c(NCc3ccccc3)nc(C3CCN(CC4CC4)CC3)cc21. The molecule has 5 heteroatoms. The lowest BCUT2D eigenvalue weighted by molar-refractivity contribution is 0.203. The molecule has 2 fully saturated rings. The predicted octanol–water partition coefficient (Wildman–Crippen LogP) is 4.17. The van der Waals surface area contributed by atoms with Crippen molar-refractivity contribution in [1.82, 2.24) is 19.4 Å². The van der Waals surface area contributed by atoms with Gasteiger partial charge in [0.05, 0.1) is 11.8 Å². The van der Waals surface area contributed by atoms with Crippen LogP contribution in [0.15, 0.2) is 42.7 Å². The second kappa shape index (κ2) is 7.55. The summed E-state index contributed by atoms with van der Waals surface area (Å²) in [4.78, 5) is 12.3. The van der Waals surface area contributed by atoms with Crippen LogP contribution in [-0.2, 0) is 13.6 Å². The van der Waals surface area contributed by atoms with Gasteiger partial charge in [0.25, 0.3) is 0 Å². The Morgan fingerprint density at radius 2 is 1.86 bits per heavy atom. The molecule has 1 N–H and O–H groups in total. The first-order valence-corrected chi connectivity index (χ1v) is 10.6. The minimum Gasteiger partial charge on any atom is -0.364 e. The minimum atomic E-state index is 0.548. The highest BCUT2D eigenvalue weighted by atomic mass is 15.1. The second-order valence-electron chi connectivity index (χ2n) is 8.48. The summed E-state index contributed by atoms with van der Waals surface area (Å²) in [6, 6.07) is 12.7. The minimum absolute atomic E-state index is 0.548. The van der Waals surface area contributed by atoms with Crippen molar-refractivity contribution in [3.05, 3.63) is 54.0 Å². The summed E-state index contributed by atoms with van der Waals surface area (Å²) < 4.78 is 2.11. The van der Waals surface area contributed by atoms with Crippen molar-refractivity contribution >= 4 is 16.9 Å². The number of anilines is 1. The zero-order valence-corrected chi connectivity index (χ0v) is 16.6. The molecule has 2 aliphatic rings. The van der Waals surface area contributed by atoms with Crippen LogP contribution < -0.4 is 5.32 Å². The number of rotatable bonds is 6. The third-order valence-corrected chi connectivity index (χ3v) is 6.25. The average Bonchev–Trinajstić information content (AvgIpc) is 3.48. The number of hydrogen-bond acceptors (Lipinski definition) is 4. The summed E-state index contributed by atoms with van der Waals surface area (Å²) in [6.45, 7) is 4.49. The number of imidazole rings is 1. The Bertz CT molecular complexity index is 936. The summed E-state index contributed by atoms with van der Waals surface area (Å²) in [5.74, 6) is 2.44.